The fraction of sp³-hybridized carbons (Fsp3) is 0.385. The Morgan fingerprint density at radius 1 is 1.35 bits per heavy atom. The minimum Gasteiger partial charge on any atom is -0.331 e. The highest BCUT2D eigenvalue weighted by atomic mass is 16.6. The van der Waals surface area contributed by atoms with Gasteiger partial charge in [-0.25, -0.2) is 0 Å². The standard InChI is InChI=1S/C13H15N3O4/c14-8-12(17)15-7-1-2-11(15)13(18)9-3-5-10(6-4-9)16(19)20/h3-6,11H,1-2,7-8,14H2/t11-/m0/s1. The Kier molecular flexibility index (Phi) is 4.09. The number of Topliss-reactive ketones (excluding diaryl/α,β-unsaturated/α-hetero) is 1. The molecule has 0 saturated carbocycles. The van der Waals surface area contributed by atoms with E-state index in [9.17, 15) is 19.7 Å². The Morgan fingerprint density at radius 3 is 2.55 bits per heavy atom. The summed E-state index contributed by atoms with van der Waals surface area (Å²) >= 11 is 0. The predicted octanol–water partition coefficient (Wildman–Crippen LogP) is 0.727. The highest BCUT2D eigenvalue weighted by molar-refractivity contribution is 6.02. The third-order valence-electron chi connectivity index (χ3n) is 3.41. The van der Waals surface area contributed by atoms with E-state index in [1.165, 1.54) is 29.2 Å². The molecule has 7 heteroatoms. The van der Waals surface area contributed by atoms with Crippen LogP contribution in [0, 0.1) is 10.1 Å². The van der Waals surface area contributed by atoms with E-state index in [1.54, 1.807) is 0 Å². The average molecular weight is 277 g/mol. The summed E-state index contributed by atoms with van der Waals surface area (Å²) in [6, 6.07) is 4.91. The van der Waals surface area contributed by atoms with Crippen LogP contribution in [0.1, 0.15) is 23.2 Å². The van der Waals surface area contributed by atoms with Crippen molar-refractivity contribution >= 4 is 17.4 Å². The summed E-state index contributed by atoms with van der Waals surface area (Å²) in [6.07, 6.45) is 1.36. The van der Waals surface area contributed by atoms with Crippen molar-refractivity contribution in [1.82, 2.24) is 4.90 Å². The lowest BCUT2D eigenvalue weighted by Gasteiger charge is -2.23. The summed E-state index contributed by atoms with van der Waals surface area (Å²) in [5.74, 6) is -0.443. The molecule has 1 fully saturated rings. The number of nitrogens with zero attached hydrogens (tertiary/aromatic N) is 2. The van der Waals surface area contributed by atoms with Crippen molar-refractivity contribution in [3.05, 3.63) is 39.9 Å². The van der Waals surface area contributed by atoms with E-state index in [0.717, 1.165) is 6.42 Å². The lowest BCUT2D eigenvalue weighted by Crippen LogP contribution is -2.43. The number of benzene rings is 1. The molecule has 1 aromatic rings. The molecule has 0 spiro atoms. The van der Waals surface area contributed by atoms with Crippen LogP contribution in [0.5, 0.6) is 0 Å². The van der Waals surface area contributed by atoms with Crippen LogP contribution >= 0.6 is 0 Å². The zero-order chi connectivity index (χ0) is 14.7. The smallest absolute Gasteiger partial charge is 0.269 e. The van der Waals surface area contributed by atoms with Crippen molar-refractivity contribution in [3.63, 3.8) is 0 Å². The van der Waals surface area contributed by atoms with Crippen LogP contribution in [0.4, 0.5) is 5.69 Å². The Labute approximate surface area is 115 Å². The van der Waals surface area contributed by atoms with Gasteiger partial charge in [-0.05, 0) is 25.0 Å². The molecule has 0 radical (unpaired) electrons. The molecule has 1 heterocycles. The van der Waals surface area contributed by atoms with Gasteiger partial charge < -0.3 is 10.6 Å². The number of nitrogens with two attached hydrogens (primary N) is 1. The van der Waals surface area contributed by atoms with Crippen molar-refractivity contribution in [2.75, 3.05) is 13.1 Å². The van der Waals surface area contributed by atoms with Crippen LogP contribution in [-0.2, 0) is 4.79 Å². The molecule has 2 rings (SSSR count). The molecule has 1 aromatic carbocycles. The zero-order valence-corrected chi connectivity index (χ0v) is 10.8. The molecule has 0 aliphatic carbocycles. The summed E-state index contributed by atoms with van der Waals surface area (Å²) in [7, 11) is 0. The molecule has 0 unspecified atom stereocenters. The number of nitro groups is 1. The minimum absolute atomic E-state index is 0.0668. The van der Waals surface area contributed by atoms with Gasteiger partial charge in [-0.1, -0.05) is 0 Å². The molecule has 1 aliphatic heterocycles. The van der Waals surface area contributed by atoms with Crippen molar-refractivity contribution in [2.45, 2.75) is 18.9 Å². The van der Waals surface area contributed by atoms with Crippen molar-refractivity contribution in [3.8, 4) is 0 Å². The van der Waals surface area contributed by atoms with Gasteiger partial charge in [0.25, 0.3) is 5.69 Å². The monoisotopic (exact) mass is 277 g/mol. The van der Waals surface area contributed by atoms with Gasteiger partial charge in [-0.15, -0.1) is 0 Å². The molecule has 0 bridgehead atoms. The van der Waals surface area contributed by atoms with E-state index in [-0.39, 0.29) is 23.9 Å². The summed E-state index contributed by atoms with van der Waals surface area (Å²) in [5.41, 5.74) is 5.63. The van der Waals surface area contributed by atoms with Gasteiger partial charge in [0.15, 0.2) is 5.78 Å². The third kappa shape index (κ3) is 2.67. The van der Waals surface area contributed by atoms with Gasteiger partial charge in [0.2, 0.25) is 5.91 Å². The highest BCUT2D eigenvalue weighted by Gasteiger charge is 2.33. The van der Waals surface area contributed by atoms with Gasteiger partial charge >= 0.3 is 0 Å². The first-order valence-corrected chi connectivity index (χ1v) is 6.33. The van der Waals surface area contributed by atoms with Crippen LogP contribution in [-0.4, -0.2) is 40.6 Å². The van der Waals surface area contributed by atoms with Gasteiger partial charge in [0, 0.05) is 24.2 Å². The van der Waals surface area contributed by atoms with Crippen molar-refractivity contribution in [1.29, 1.82) is 0 Å². The second-order valence-corrected chi connectivity index (χ2v) is 4.62. The fourth-order valence-electron chi connectivity index (χ4n) is 2.39. The zero-order valence-electron chi connectivity index (χ0n) is 10.8. The van der Waals surface area contributed by atoms with Gasteiger partial charge in [0.05, 0.1) is 17.5 Å². The minimum atomic E-state index is -0.520. The number of rotatable bonds is 4. The largest absolute Gasteiger partial charge is 0.331 e. The van der Waals surface area contributed by atoms with E-state index in [0.29, 0.717) is 18.5 Å². The summed E-state index contributed by atoms with van der Waals surface area (Å²) in [4.78, 5) is 35.6. The molecule has 1 atom stereocenters. The number of carbonyl (C=O) groups is 2. The number of carbonyl (C=O) groups excluding carboxylic acids is 2. The first-order valence-electron chi connectivity index (χ1n) is 6.33. The number of non-ortho nitro benzene ring substituents is 1. The normalized spacial score (nSPS) is 18.1. The molecular weight excluding hydrogens is 262 g/mol. The first-order chi connectivity index (χ1) is 9.54. The van der Waals surface area contributed by atoms with Crippen LogP contribution < -0.4 is 5.73 Å². The van der Waals surface area contributed by atoms with Crippen molar-refractivity contribution < 1.29 is 14.5 Å². The number of ketones is 1. The highest BCUT2D eigenvalue weighted by Crippen LogP contribution is 2.22. The van der Waals surface area contributed by atoms with Crippen LogP contribution in [0.3, 0.4) is 0 Å². The van der Waals surface area contributed by atoms with E-state index in [2.05, 4.69) is 0 Å². The average Bonchev–Trinajstić information content (AvgIpc) is 2.95. The number of amides is 1. The molecule has 1 aliphatic rings. The second kappa shape index (κ2) is 5.79. The van der Waals surface area contributed by atoms with E-state index in [1.807, 2.05) is 0 Å². The maximum absolute atomic E-state index is 12.4. The Bertz CT molecular complexity index is 541. The molecule has 2 N–H and O–H groups in total. The molecule has 20 heavy (non-hydrogen) atoms. The molecule has 0 aromatic heterocycles. The molecule has 1 saturated heterocycles. The maximum atomic E-state index is 12.4. The second-order valence-electron chi connectivity index (χ2n) is 4.62. The quantitative estimate of drug-likeness (QED) is 0.496. The Hall–Kier alpha value is -2.28. The lowest BCUT2D eigenvalue weighted by molar-refractivity contribution is -0.384. The van der Waals surface area contributed by atoms with Gasteiger partial charge in [-0.3, -0.25) is 19.7 Å². The summed E-state index contributed by atoms with van der Waals surface area (Å²) in [6.45, 7) is 0.406. The number of hydrogen-bond donors (Lipinski definition) is 1. The van der Waals surface area contributed by atoms with E-state index >= 15 is 0 Å². The van der Waals surface area contributed by atoms with E-state index < -0.39 is 11.0 Å². The SMILES string of the molecule is NCC(=O)N1CCC[C@H]1C(=O)c1ccc([N+](=O)[O-])cc1. The summed E-state index contributed by atoms with van der Waals surface area (Å²) in [5, 5.41) is 10.6. The topological polar surface area (TPSA) is 107 Å². The summed E-state index contributed by atoms with van der Waals surface area (Å²) < 4.78 is 0. The first kappa shape index (κ1) is 14.1. The van der Waals surface area contributed by atoms with Crippen LogP contribution in [0.2, 0.25) is 0 Å². The maximum Gasteiger partial charge on any atom is 0.269 e. The van der Waals surface area contributed by atoms with E-state index in [4.69, 9.17) is 5.73 Å². The lowest BCUT2D eigenvalue weighted by atomic mass is 10.0. The molecule has 7 nitrogen and oxygen atoms in total. The fourth-order valence-corrected chi connectivity index (χ4v) is 2.39. The predicted molar refractivity (Wildman–Crippen MR) is 71.2 cm³/mol. The van der Waals surface area contributed by atoms with Crippen LogP contribution in [0.25, 0.3) is 0 Å². The van der Waals surface area contributed by atoms with Crippen LogP contribution in [0.15, 0.2) is 24.3 Å². The Morgan fingerprint density at radius 2 is 2.00 bits per heavy atom. The third-order valence-corrected chi connectivity index (χ3v) is 3.41. The molecule has 106 valence electrons. The molecule has 1 amide bonds. The molecular formula is C13H15N3O4. The van der Waals surface area contributed by atoms with Gasteiger partial charge in [-0.2, -0.15) is 0 Å². The van der Waals surface area contributed by atoms with Gasteiger partial charge in [0.1, 0.15) is 0 Å². The Balaban J connectivity index is 2.18. The number of hydrogen-bond acceptors (Lipinski definition) is 5. The number of likely N-dealkylation sites (tertiary alicyclic amines) is 1. The van der Waals surface area contributed by atoms with Crippen molar-refractivity contribution in [2.24, 2.45) is 5.73 Å². The number of nitro benzene ring substituents is 1.